The minimum Gasteiger partial charge on any atom is -0.378 e. The third-order valence-corrected chi connectivity index (χ3v) is 4.19. The van der Waals surface area contributed by atoms with Crippen molar-refractivity contribution in [2.75, 3.05) is 26.3 Å². The van der Waals surface area contributed by atoms with Crippen molar-refractivity contribution in [1.29, 1.82) is 0 Å². The lowest BCUT2D eigenvalue weighted by atomic mass is 10.2. The Morgan fingerprint density at radius 3 is 3.00 bits per heavy atom. The fourth-order valence-corrected chi connectivity index (χ4v) is 2.88. The van der Waals surface area contributed by atoms with Crippen LogP contribution >= 0.6 is 11.3 Å². The predicted octanol–water partition coefficient (Wildman–Crippen LogP) is 1.54. The summed E-state index contributed by atoms with van der Waals surface area (Å²) in [5.41, 5.74) is 0.295. The van der Waals surface area contributed by atoms with Gasteiger partial charge >= 0.3 is 12.1 Å². The number of hydrogen-bond donors (Lipinski definition) is 2. The fraction of sp³-hybridized carbons (Fsp3) is 0.462. The van der Waals surface area contributed by atoms with Crippen LogP contribution < -0.4 is 10.6 Å². The molecule has 1 aliphatic heterocycles. The lowest BCUT2D eigenvalue weighted by Crippen LogP contribution is -2.48. The van der Waals surface area contributed by atoms with Crippen molar-refractivity contribution >= 4 is 17.2 Å². The summed E-state index contributed by atoms with van der Waals surface area (Å²) in [7, 11) is 0. The summed E-state index contributed by atoms with van der Waals surface area (Å²) in [6.07, 6.45) is -4.70. The van der Waals surface area contributed by atoms with Gasteiger partial charge in [-0.2, -0.15) is 18.2 Å². The molecule has 0 saturated carbocycles. The van der Waals surface area contributed by atoms with E-state index in [0.29, 0.717) is 30.2 Å². The highest BCUT2D eigenvalue weighted by molar-refractivity contribution is 7.12. The van der Waals surface area contributed by atoms with Gasteiger partial charge in [-0.25, -0.2) is 0 Å². The van der Waals surface area contributed by atoms with Crippen molar-refractivity contribution in [3.63, 3.8) is 0 Å². The molecule has 0 aromatic carbocycles. The number of hydrogen-bond acceptors (Lipinski definition) is 7. The molecule has 24 heavy (non-hydrogen) atoms. The van der Waals surface area contributed by atoms with E-state index in [-0.39, 0.29) is 17.8 Å². The highest BCUT2D eigenvalue weighted by Gasteiger charge is 2.38. The Morgan fingerprint density at radius 1 is 1.50 bits per heavy atom. The van der Waals surface area contributed by atoms with E-state index in [0.717, 1.165) is 17.9 Å². The van der Waals surface area contributed by atoms with Crippen LogP contribution in [0.1, 0.15) is 15.6 Å². The summed E-state index contributed by atoms with van der Waals surface area (Å²) in [6.45, 7) is 2.28. The predicted molar refractivity (Wildman–Crippen MR) is 77.6 cm³/mol. The van der Waals surface area contributed by atoms with Crippen molar-refractivity contribution in [1.82, 2.24) is 20.8 Å². The van der Waals surface area contributed by atoms with Crippen molar-refractivity contribution in [2.45, 2.75) is 12.2 Å². The van der Waals surface area contributed by atoms with Gasteiger partial charge in [-0.15, -0.1) is 11.3 Å². The van der Waals surface area contributed by atoms with Gasteiger partial charge in [0.25, 0.3) is 5.91 Å². The quantitative estimate of drug-likeness (QED) is 0.858. The molecule has 1 amide bonds. The summed E-state index contributed by atoms with van der Waals surface area (Å²) >= 11 is 1.09. The summed E-state index contributed by atoms with van der Waals surface area (Å²) in [6, 6.07) is 1.46. The van der Waals surface area contributed by atoms with Gasteiger partial charge in [-0.05, 0) is 6.07 Å². The van der Waals surface area contributed by atoms with Gasteiger partial charge in [0.1, 0.15) is 0 Å². The highest BCUT2D eigenvalue weighted by atomic mass is 32.1. The number of rotatable bonds is 4. The van der Waals surface area contributed by atoms with Crippen LogP contribution in [0.2, 0.25) is 0 Å². The van der Waals surface area contributed by atoms with Gasteiger partial charge in [0, 0.05) is 30.1 Å². The molecule has 2 aromatic rings. The number of ether oxygens (including phenoxy) is 1. The van der Waals surface area contributed by atoms with E-state index in [4.69, 9.17) is 4.74 Å². The molecule has 1 fully saturated rings. The zero-order valence-electron chi connectivity index (χ0n) is 12.2. The van der Waals surface area contributed by atoms with Gasteiger partial charge in [0.05, 0.1) is 18.1 Å². The molecular formula is C13H13F3N4O3S. The Hall–Kier alpha value is -1.98. The third-order valence-electron chi connectivity index (χ3n) is 3.26. The first-order chi connectivity index (χ1) is 11.4. The minimum atomic E-state index is -4.70. The Bertz CT molecular complexity index is 709. The SMILES string of the molecule is O=C(NCC1COCCN1)c1cc(-c2noc(C(F)(F)F)n2)cs1. The van der Waals surface area contributed by atoms with Crippen LogP contribution in [0.5, 0.6) is 0 Å². The minimum absolute atomic E-state index is 0.0358. The fourth-order valence-electron chi connectivity index (χ4n) is 2.08. The number of aromatic nitrogens is 2. The summed E-state index contributed by atoms with van der Waals surface area (Å²) in [5, 5.41) is 10.7. The Balaban J connectivity index is 1.62. The number of amides is 1. The number of carbonyl (C=O) groups excluding carboxylic acids is 1. The van der Waals surface area contributed by atoms with Gasteiger partial charge in [-0.3, -0.25) is 4.79 Å². The van der Waals surface area contributed by atoms with Crippen LogP contribution in [0.4, 0.5) is 13.2 Å². The molecule has 1 unspecified atom stereocenters. The van der Waals surface area contributed by atoms with Gasteiger partial charge in [-0.1, -0.05) is 5.16 Å². The Kier molecular flexibility index (Phi) is 4.83. The van der Waals surface area contributed by atoms with Crippen LogP contribution in [0.15, 0.2) is 16.0 Å². The molecule has 0 spiro atoms. The normalized spacial score (nSPS) is 18.5. The smallest absolute Gasteiger partial charge is 0.378 e. The molecule has 1 aliphatic rings. The molecule has 0 bridgehead atoms. The van der Waals surface area contributed by atoms with Crippen LogP contribution in [0.3, 0.4) is 0 Å². The average Bonchev–Trinajstić information content (AvgIpc) is 3.21. The number of halogens is 3. The largest absolute Gasteiger partial charge is 0.471 e. The molecule has 11 heteroatoms. The number of nitrogens with zero attached hydrogens (tertiary/aromatic N) is 2. The topological polar surface area (TPSA) is 89.3 Å². The third kappa shape index (κ3) is 3.91. The second-order valence-electron chi connectivity index (χ2n) is 5.06. The molecule has 7 nitrogen and oxygen atoms in total. The standard InChI is InChI=1S/C13H13F3N4O3S/c14-13(15,16)12-19-10(20-23-12)7-3-9(24-6-7)11(21)18-4-8-5-22-2-1-17-8/h3,6,8,17H,1-2,4-5H2,(H,18,21). The molecular weight excluding hydrogens is 349 g/mol. The molecule has 2 N–H and O–H groups in total. The number of thiophene rings is 1. The summed E-state index contributed by atoms with van der Waals surface area (Å²) < 4.78 is 46.8. The van der Waals surface area contributed by atoms with E-state index >= 15 is 0 Å². The molecule has 0 radical (unpaired) electrons. The highest BCUT2D eigenvalue weighted by Crippen LogP contribution is 2.30. The molecule has 1 atom stereocenters. The molecule has 3 heterocycles. The number of nitrogens with one attached hydrogen (secondary N) is 2. The average molecular weight is 362 g/mol. The summed E-state index contributed by atoms with van der Waals surface area (Å²) in [5.74, 6) is -1.95. The first-order valence-electron chi connectivity index (χ1n) is 7.02. The molecule has 130 valence electrons. The molecule has 1 saturated heterocycles. The van der Waals surface area contributed by atoms with E-state index in [1.807, 2.05) is 0 Å². The number of alkyl halides is 3. The number of carbonyl (C=O) groups is 1. The maximum atomic E-state index is 12.5. The van der Waals surface area contributed by atoms with Crippen LogP contribution in [-0.4, -0.2) is 48.4 Å². The maximum absolute atomic E-state index is 12.5. The van der Waals surface area contributed by atoms with Crippen molar-refractivity contribution in [3.8, 4) is 11.4 Å². The first kappa shape index (κ1) is 16.9. The van der Waals surface area contributed by atoms with E-state index < -0.39 is 12.1 Å². The first-order valence-corrected chi connectivity index (χ1v) is 7.90. The molecule has 2 aromatic heterocycles. The summed E-state index contributed by atoms with van der Waals surface area (Å²) in [4.78, 5) is 15.7. The monoisotopic (exact) mass is 362 g/mol. The molecule has 3 rings (SSSR count). The van der Waals surface area contributed by atoms with Gasteiger partial charge < -0.3 is 19.9 Å². The lowest BCUT2D eigenvalue weighted by Gasteiger charge is -2.23. The zero-order valence-corrected chi connectivity index (χ0v) is 13.0. The lowest BCUT2D eigenvalue weighted by molar-refractivity contribution is -0.159. The second kappa shape index (κ2) is 6.87. The van der Waals surface area contributed by atoms with Crippen LogP contribution in [-0.2, 0) is 10.9 Å². The van der Waals surface area contributed by atoms with Crippen molar-refractivity contribution in [3.05, 3.63) is 22.2 Å². The second-order valence-corrected chi connectivity index (χ2v) is 5.97. The Labute approximate surface area is 138 Å². The zero-order chi connectivity index (χ0) is 17.2. The van der Waals surface area contributed by atoms with E-state index in [1.165, 1.54) is 11.4 Å². The van der Waals surface area contributed by atoms with Crippen LogP contribution in [0, 0.1) is 0 Å². The molecule has 0 aliphatic carbocycles. The van der Waals surface area contributed by atoms with E-state index in [1.54, 1.807) is 0 Å². The van der Waals surface area contributed by atoms with Crippen molar-refractivity contribution < 1.29 is 27.2 Å². The number of morpholine rings is 1. The van der Waals surface area contributed by atoms with Crippen LogP contribution in [0.25, 0.3) is 11.4 Å². The van der Waals surface area contributed by atoms with Crippen molar-refractivity contribution in [2.24, 2.45) is 0 Å². The van der Waals surface area contributed by atoms with Gasteiger partial charge in [0.15, 0.2) is 0 Å². The Morgan fingerprint density at radius 2 is 2.33 bits per heavy atom. The van der Waals surface area contributed by atoms with Gasteiger partial charge in [0.2, 0.25) is 5.82 Å². The maximum Gasteiger partial charge on any atom is 0.471 e. The van der Waals surface area contributed by atoms with E-state index in [9.17, 15) is 18.0 Å². The van der Waals surface area contributed by atoms with E-state index in [2.05, 4.69) is 25.3 Å².